The van der Waals surface area contributed by atoms with Crippen LogP contribution in [0.1, 0.15) is 22.3 Å². The zero-order valence-electron chi connectivity index (χ0n) is 40.4. The average molecular weight is 1040 g/mol. The smallest absolute Gasteiger partial charge is 0.259 e. The third-order valence-electron chi connectivity index (χ3n) is 11.1. The van der Waals surface area contributed by atoms with Crippen LogP contribution in [0.25, 0.3) is 57.5 Å². The highest BCUT2D eigenvalue weighted by Crippen LogP contribution is 2.21. The van der Waals surface area contributed by atoms with Crippen molar-refractivity contribution < 1.29 is 17.3 Å². The number of anilines is 3. The molecular weight excluding hydrogens is 993 g/mol. The molecule has 4 aromatic carbocycles. The Bertz CT molecular complexity index is 3920. The Morgan fingerprint density at radius 3 is 1.47 bits per heavy atom. The fourth-order valence-corrected chi connectivity index (χ4v) is 7.83. The number of tetrazole rings is 2. The number of fused-ring (bicyclic) bond motifs is 2. The van der Waals surface area contributed by atoms with Crippen molar-refractivity contribution in [2.75, 3.05) is 36.1 Å². The summed E-state index contributed by atoms with van der Waals surface area (Å²) in [7, 11) is -3.57. The second kappa shape index (κ2) is 22.3. The van der Waals surface area contributed by atoms with Gasteiger partial charge in [0.2, 0.25) is 51.0 Å². The van der Waals surface area contributed by atoms with E-state index in [-0.39, 0.29) is 23.5 Å². The molecule has 382 valence electrons. The molecular formula is C49H46N22O4S. The van der Waals surface area contributed by atoms with Crippen molar-refractivity contribution in [2.24, 2.45) is 5.73 Å². The Morgan fingerprint density at radius 1 is 0.513 bits per heavy atom. The first-order valence-corrected chi connectivity index (χ1v) is 25.2. The van der Waals surface area contributed by atoms with Crippen molar-refractivity contribution in [1.82, 2.24) is 89.5 Å². The molecule has 0 radical (unpaired) electrons. The van der Waals surface area contributed by atoms with Crippen LogP contribution in [-0.4, -0.2) is 117 Å². The quantitative estimate of drug-likeness (QED) is 0.111. The van der Waals surface area contributed by atoms with Crippen molar-refractivity contribution >= 4 is 39.2 Å². The number of nitrogens with zero attached hydrogens (tertiary/aromatic N) is 18. The van der Waals surface area contributed by atoms with Gasteiger partial charge in [0, 0.05) is 23.9 Å². The molecule has 0 atom stereocenters. The summed E-state index contributed by atoms with van der Waals surface area (Å²) < 4.78 is 35.8. The van der Waals surface area contributed by atoms with Gasteiger partial charge in [-0.2, -0.15) is 48.5 Å². The van der Waals surface area contributed by atoms with Gasteiger partial charge in [-0.15, -0.1) is 30.6 Å². The highest BCUT2D eigenvalue weighted by Gasteiger charge is 2.19. The van der Waals surface area contributed by atoms with Crippen molar-refractivity contribution in [2.45, 2.75) is 31.1 Å². The van der Waals surface area contributed by atoms with E-state index in [1.54, 1.807) is 40.1 Å². The first kappa shape index (κ1) is 49.4. The molecule has 0 saturated carbocycles. The number of nitrogens with one attached hydrogen (secondary N) is 1. The number of aromatic nitrogens is 18. The van der Waals surface area contributed by atoms with Crippen LogP contribution in [0.5, 0.6) is 0 Å². The lowest BCUT2D eigenvalue weighted by Crippen LogP contribution is -2.12. The molecule has 0 amide bonds. The lowest BCUT2D eigenvalue weighted by atomic mass is 10.1. The normalized spacial score (nSPS) is 11.3. The maximum Gasteiger partial charge on any atom is 0.259 e. The second-order valence-corrected chi connectivity index (χ2v) is 18.6. The minimum Gasteiger partial charge on any atom is -0.461 e. The molecule has 0 aliphatic rings. The zero-order valence-corrected chi connectivity index (χ0v) is 41.2. The van der Waals surface area contributed by atoms with Gasteiger partial charge in [0.15, 0.2) is 11.5 Å². The molecule has 76 heavy (non-hydrogen) atoms. The number of hydrogen-bond acceptors (Lipinski definition) is 22. The molecule has 12 aromatic rings. The van der Waals surface area contributed by atoms with Crippen LogP contribution in [0, 0.1) is 0 Å². The van der Waals surface area contributed by atoms with E-state index >= 15 is 0 Å². The number of hydrogen-bond donors (Lipinski definition) is 4. The van der Waals surface area contributed by atoms with Gasteiger partial charge in [-0.25, -0.2) is 8.42 Å². The Hall–Kier alpha value is -10.2. The maximum atomic E-state index is 11.4. The van der Waals surface area contributed by atoms with Crippen LogP contribution in [0.2, 0.25) is 0 Å². The van der Waals surface area contributed by atoms with Gasteiger partial charge in [0.1, 0.15) is 0 Å². The molecule has 0 spiro atoms. The van der Waals surface area contributed by atoms with Crippen LogP contribution >= 0.6 is 0 Å². The fourth-order valence-electron chi connectivity index (χ4n) is 7.33. The van der Waals surface area contributed by atoms with E-state index in [2.05, 4.69) is 88.4 Å². The lowest BCUT2D eigenvalue weighted by Gasteiger charge is -2.06. The fraction of sp³-hybridized carbons (Fsp3) is 0.143. The Morgan fingerprint density at radius 2 is 1.00 bits per heavy atom. The van der Waals surface area contributed by atoms with Gasteiger partial charge in [-0.3, -0.25) is 0 Å². The monoisotopic (exact) mass is 1040 g/mol. The predicted octanol–water partition coefficient (Wildman–Crippen LogP) is 4.37. The average Bonchev–Trinajstić information content (AvgIpc) is 4.30. The number of benzene rings is 4. The summed E-state index contributed by atoms with van der Waals surface area (Å²) in [5.41, 5.74) is 23.7. The SMILES string of the molecule is CS(=O)(=O)c1nc(N)n2nc(-c3ccco3)nc2n1.NCCc1ccc(-c2nnn(Cc3ccccc3)n2)cc1.Nc1nc(NCCc2ccc(-c3nnn(Cc4ccccc4)n3)cc2)nc2nc(-c3ccco3)nn12. The highest BCUT2D eigenvalue weighted by atomic mass is 32.2. The number of nitrogens with two attached hydrogens (primary N) is 3. The Kier molecular flexibility index (Phi) is 14.5. The standard InChI is InChI=1S/C24H21N11O.C16H17N5.C9H8N6O3S/c25-22-28-23(29-24-27-21(32-35(22)24)19-7-4-14-36-19)26-13-12-16-8-10-18(11-9-16)20-30-33-34(31-20)15-17-5-2-1-3-6-17;17-11-10-13-6-8-15(9-7-13)16-18-20-21(19-16)12-14-4-2-1-3-5-14;1-19(16,17)9-12-7(10)15-8(13-9)11-6(14-15)5-3-2-4-18-5/h1-11,14H,12-13,15H2,(H3,25,26,27,28,29,32);1-9H,10-12,17H2;2-4H,1H3,(H2,10,11,12,13,14). The number of furan rings is 2. The van der Waals surface area contributed by atoms with Crippen molar-refractivity contribution in [3.05, 3.63) is 168 Å². The molecule has 26 nitrogen and oxygen atoms in total. The number of rotatable bonds is 15. The van der Waals surface area contributed by atoms with Gasteiger partial charge in [0.05, 0.1) is 25.6 Å². The van der Waals surface area contributed by atoms with E-state index in [1.165, 1.54) is 16.3 Å². The Balaban J connectivity index is 0.000000140. The minimum absolute atomic E-state index is 0.0410. The van der Waals surface area contributed by atoms with Crippen LogP contribution in [0.4, 0.5) is 17.8 Å². The Labute approximate surface area is 431 Å². The van der Waals surface area contributed by atoms with E-state index in [0.717, 1.165) is 51.4 Å². The van der Waals surface area contributed by atoms with Crippen LogP contribution in [0.3, 0.4) is 0 Å². The van der Waals surface area contributed by atoms with Crippen molar-refractivity contribution in [1.29, 1.82) is 0 Å². The molecule has 27 heteroatoms. The summed E-state index contributed by atoms with van der Waals surface area (Å²) in [6.45, 7) is 2.47. The summed E-state index contributed by atoms with van der Waals surface area (Å²) in [4.78, 5) is 27.8. The van der Waals surface area contributed by atoms with E-state index in [1.807, 2.05) is 97.1 Å². The second-order valence-electron chi connectivity index (χ2n) is 16.7. The molecule has 12 rings (SSSR count). The first-order chi connectivity index (χ1) is 37.0. The molecule has 0 unspecified atom stereocenters. The maximum absolute atomic E-state index is 11.4. The van der Waals surface area contributed by atoms with Crippen molar-refractivity contribution in [3.63, 3.8) is 0 Å². The van der Waals surface area contributed by atoms with Crippen LogP contribution < -0.4 is 22.5 Å². The van der Waals surface area contributed by atoms with E-state index < -0.39 is 15.0 Å². The molecule has 0 saturated heterocycles. The zero-order chi connectivity index (χ0) is 52.4. The lowest BCUT2D eigenvalue weighted by molar-refractivity contribution is 0.573. The molecule has 8 aromatic heterocycles. The molecule has 0 fully saturated rings. The molecule has 0 aliphatic carbocycles. The minimum atomic E-state index is -3.57. The topological polar surface area (TPSA) is 350 Å². The largest absolute Gasteiger partial charge is 0.461 e. The molecule has 8 heterocycles. The van der Waals surface area contributed by atoms with E-state index in [4.69, 9.17) is 26.0 Å². The van der Waals surface area contributed by atoms with Crippen LogP contribution in [0.15, 0.2) is 160 Å². The summed E-state index contributed by atoms with van der Waals surface area (Å²) in [6.07, 6.45) is 5.66. The van der Waals surface area contributed by atoms with E-state index in [0.29, 0.717) is 66.9 Å². The van der Waals surface area contributed by atoms with Gasteiger partial charge >= 0.3 is 0 Å². The third-order valence-corrected chi connectivity index (χ3v) is 11.9. The molecule has 0 aliphatic heterocycles. The van der Waals surface area contributed by atoms with Gasteiger partial charge < -0.3 is 31.4 Å². The summed E-state index contributed by atoms with van der Waals surface area (Å²) in [5, 5.41) is 36.6. The third kappa shape index (κ3) is 12.0. The van der Waals surface area contributed by atoms with Gasteiger partial charge in [-0.1, -0.05) is 109 Å². The summed E-state index contributed by atoms with van der Waals surface area (Å²) in [6, 6.07) is 43.2. The summed E-state index contributed by atoms with van der Waals surface area (Å²) in [5.74, 6) is 3.67. The molecule has 7 N–H and O–H groups in total. The van der Waals surface area contributed by atoms with Gasteiger partial charge in [-0.05, 0) is 76.3 Å². The first-order valence-electron chi connectivity index (χ1n) is 23.4. The van der Waals surface area contributed by atoms with Gasteiger partial charge in [0.25, 0.3) is 16.7 Å². The van der Waals surface area contributed by atoms with E-state index in [9.17, 15) is 8.42 Å². The summed E-state index contributed by atoms with van der Waals surface area (Å²) >= 11 is 0. The van der Waals surface area contributed by atoms with Crippen molar-refractivity contribution in [3.8, 4) is 45.9 Å². The predicted molar refractivity (Wildman–Crippen MR) is 277 cm³/mol. The number of nitrogen functional groups attached to an aromatic ring is 2. The van der Waals surface area contributed by atoms with Crippen LogP contribution in [-0.2, 0) is 35.8 Å². The molecule has 0 bridgehead atoms. The highest BCUT2D eigenvalue weighted by molar-refractivity contribution is 7.90. The number of sulfone groups is 1.